The number of amides is 3. The number of carboxylic acid groups (broad SMARTS) is 2. The normalized spacial score (nSPS) is 20.5. The maximum Gasteiger partial charge on any atom is 0.326 e. The third-order valence-electron chi connectivity index (χ3n) is 5.71. The molecule has 6 unspecified atom stereocenters. The molecule has 3 amide bonds. The topological polar surface area (TPSA) is 199 Å². The molecular formula is C20H34N4O8. The van der Waals surface area contributed by atoms with Gasteiger partial charge in [-0.05, 0) is 32.1 Å². The van der Waals surface area contributed by atoms with Crippen LogP contribution in [0.1, 0.15) is 52.9 Å². The van der Waals surface area contributed by atoms with E-state index in [0.717, 1.165) is 0 Å². The number of rotatable bonds is 12. The maximum atomic E-state index is 13.1. The third-order valence-corrected chi connectivity index (χ3v) is 5.71. The summed E-state index contributed by atoms with van der Waals surface area (Å²) in [5.41, 5.74) is 5.90. The van der Waals surface area contributed by atoms with Gasteiger partial charge in [0.05, 0.1) is 12.1 Å². The van der Waals surface area contributed by atoms with Gasteiger partial charge in [0.2, 0.25) is 17.7 Å². The van der Waals surface area contributed by atoms with Crippen molar-refractivity contribution in [1.82, 2.24) is 15.5 Å². The van der Waals surface area contributed by atoms with Crippen LogP contribution in [0.5, 0.6) is 0 Å². The summed E-state index contributed by atoms with van der Waals surface area (Å²) < 4.78 is 0. The molecule has 0 aliphatic carbocycles. The minimum absolute atomic E-state index is 0.149. The molecule has 0 aromatic heterocycles. The Morgan fingerprint density at radius 3 is 2.25 bits per heavy atom. The average Bonchev–Trinajstić information content (AvgIpc) is 3.22. The number of carbonyl (C=O) groups is 5. The van der Waals surface area contributed by atoms with Gasteiger partial charge in [-0.1, -0.05) is 20.3 Å². The van der Waals surface area contributed by atoms with Crippen molar-refractivity contribution in [2.45, 2.75) is 83.1 Å². The van der Waals surface area contributed by atoms with Crippen molar-refractivity contribution in [3.63, 3.8) is 0 Å². The molecule has 1 rings (SSSR count). The van der Waals surface area contributed by atoms with Crippen LogP contribution in [0.2, 0.25) is 0 Å². The number of nitrogens with two attached hydrogens (primary N) is 1. The molecular weight excluding hydrogens is 424 g/mol. The fraction of sp³-hybridized carbons (Fsp3) is 0.750. The molecule has 12 nitrogen and oxygen atoms in total. The Morgan fingerprint density at radius 1 is 1.12 bits per heavy atom. The Morgan fingerprint density at radius 2 is 1.75 bits per heavy atom. The number of carbonyl (C=O) groups excluding carboxylic acids is 3. The number of hydrogen-bond acceptors (Lipinski definition) is 7. The summed E-state index contributed by atoms with van der Waals surface area (Å²) in [7, 11) is 0. The molecule has 1 heterocycles. The van der Waals surface area contributed by atoms with Gasteiger partial charge in [-0.15, -0.1) is 0 Å². The second-order valence-corrected chi connectivity index (χ2v) is 8.16. The van der Waals surface area contributed by atoms with Gasteiger partial charge < -0.3 is 36.6 Å². The molecule has 0 aromatic carbocycles. The lowest BCUT2D eigenvalue weighted by Crippen LogP contribution is -2.60. The van der Waals surface area contributed by atoms with Crippen LogP contribution in [-0.2, 0) is 24.0 Å². The highest BCUT2D eigenvalue weighted by molar-refractivity contribution is 5.94. The van der Waals surface area contributed by atoms with Crippen molar-refractivity contribution in [3.8, 4) is 0 Å². The van der Waals surface area contributed by atoms with Crippen molar-refractivity contribution < 1.29 is 39.3 Å². The van der Waals surface area contributed by atoms with E-state index >= 15 is 0 Å². The maximum absolute atomic E-state index is 13.1. The highest BCUT2D eigenvalue weighted by Gasteiger charge is 2.40. The summed E-state index contributed by atoms with van der Waals surface area (Å²) in [6.45, 7) is 5.16. The SMILES string of the molecule is CCC(C)C(N)C(=O)NC(C(=O)N1CCCC1C(=O)NC(CCC(=O)O)C(=O)O)C(C)O. The van der Waals surface area contributed by atoms with Crippen molar-refractivity contribution in [2.75, 3.05) is 6.54 Å². The molecule has 1 saturated heterocycles. The zero-order valence-electron chi connectivity index (χ0n) is 18.6. The van der Waals surface area contributed by atoms with Gasteiger partial charge in [0.25, 0.3) is 0 Å². The second kappa shape index (κ2) is 12.3. The lowest BCUT2D eigenvalue weighted by molar-refractivity contribution is -0.146. The quantitative estimate of drug-likeness (QED) is 0.204. The molecule has 0 radical (unpaired) electrons. The van der Waals surface area contributed by atoms with Crippen LogP contribution < -0.4 is 16.4 Å². The van der Waals surface area contributed by atoms with E-state index in [1.807, 2.05) is 6.92 Å². The summed E-state index contributed by atoms with van der Waals surface area (Å²) in [5, 5.41) is 32.8. The van der Waals surface area contributed by atoms with Crippen LogP contribution in [0.25, 0.3) is 0 Å². The molecule has 1 aliphatic rings. The largest absolute Gasteiger partial charge is 0.481 e. The van der Waals surface area contributed by atoms with Gasteiger partial charge in [0, 0.05) is 13.0 Å². The Bertz CT molecular complexity index is 714. The number of nitrogens with zero attached hydrogens (tertiary/aromatic N) is 1. The fourth-order valence-electron chi connectivity index (χ4n) is 3.43. The number of carboxylic acids is 2. The van der Waals surface area contributed by atoms with E-state index in [4.69, 9.17) is 10.8 Å². The van der Waals surface area contributed by atoms with Gasteiger partial charge in [0.15, 0.2) is 0 Å². The molecule has 182 valence electrons. The number of nitrogens with one attached hydrogen (secondary N) is 2. The third kappa shape index (κ3) is 7.45. The number of likely N-dealkylation sites (tertiary alicyclic amines) is 1. The smallest absolute Gasteiger partial charge is 0.326 e. The van der Waals surface area contributed by atoms with Crippen LogP contribution in [0.15, 0.2) is 0 Å². The van der Waals surface area contributed by atoms with E-state index in [2.05, 4.69) is 10.6 Å². The number of hydrogen-bond donors (Lipinski definition) is 6. The van der Waals surface area contributed by atoms with E-state index in [0.29, 0.717) is 12.8 Å². The molecule has 0 aromatic rings. The number of aliphatic hydroxyl groups excluding tert-OH is 1. The molecule has 0 bridgehead atoms. The van der Waals surface area contributed by atoms with E-state index in [-0.39, 0.29) is 25.3 Å². The van der Waals surface area contributed by atoms with Crippen LogP contribution >= 0.6 is 0 Å². The van der Waals surface area contributed by atoms with Gasteiger partial charge in [-0.3, -0.25) is 19.2 Å². The summed E-state index contributed by atoms with van der Waals surface area (Å²) in [5.74, 6) is -4.75. The summed E-state index contributed by atoms with van der Waals surface area (Å²) in [6.07, 6.45) is -0.655. The summed E-state index contributed by atoms with van der Waals surface area (Å²) in [6, 6.07) is -4.63. The number of aliphatic carboxylic acids is 2. The first-order valence-electron chi connectivity index (χ1n) is 10.7. The van der Waals surface area contributed by atoms with Crippen molar-refractivity contribution in [2.24, 2.45) is 11.7 Å². The Hall–Kier alpha value is -2.73. The number of aliphatic hydroxyl groups is 1. The fourth-order valence-corrected chi connectivity index (χ4v) is 3.43. The minimum Gasteiger partial charge on any atom is -0.481 e. The van der Waals surface area contributed by atoms with Gasteiger partial charge in [-0.2, -0.15) is 0 Å². The van der Waals surface area contributed by atoms with Gasteiger partial charge in [-0.25, -0.2) is 4.79 Å². The summed E-state index contributed by atoms with van der Waals surface area (Å²) >= 11 is 0. The Labute approximate surface area is 186 Å². The van der Waals surface area contributed by atoms with Crippen molar-refractivity contribution in [1.29, 1.82) is 0 Å². The predicted molar refractivity (Wildman–Crippen MR) is 112 cm³/mol. The molecule has 0 spiro atoms. The lowest BCUT2D eigenvalue weighted by atomic mass is 9.98. The highest BCUT2D eigenvalue weighted by Crippen LogP contribution is 2.20. The molecule has 7 N–H and O–H groups in total. The molecule has 6 atom stereocenters. The molecule has 0 saturated carbocycles. The van der Waals surface area contributed by atoms with Crippen molar-refractivity contribution >= 4 is 29.7 Å². The lowest BCUT2D eigenvalue weighted by Gasteiger charge is -2.31. The van der Waals surface area contributed by atoms with E-state index in [1.54, 1.807) is 6.92 Å². The predicted octanol–water partition coefficient (Wildman–Crippen LogP) is -1.35. The van der Waals surface area contributed by atoms with Crippen molar-refractivity contribution in [3.05, 3.63) is 0 Å². The van der Waals surface area contributed by atoms with Crippen LogP contribution in [0.4, 0.5) is 0 Å². The van der Waals surface area contributed by atoms with Gasteiger partial charge >= 0.3 is 11.9 Å². The van der Waals surface area contributed by atoms with Gasteiger partial charge in [0.1, 0.15) is 18.1 Å². The van der Waals surface area contributed by atoms with E-state index in [1.165, 1.54) is 11.8 Å². The molecule has 1 fully saturated rings. The van der Waals surface area contributed by atoms with Crippen LogP contribution in [0.3, 0.4) is 0 Å². The minimum atomic E-state index is -1.42. The molecule has 12 heteroatoms. The first-order chi connectivity index (χ1) is 14.9. The van der Waals surface area contributed by atoms with E-state index in [9.17, 15) is 34.2 Å². The van der Waals surface area contributed by atoms with Crippen LogP contribution in [-0.4, -0.2) is 86.7 Å². The Balaban J connectivity index is 2.92. The monoisotopic (exact) mass is 458 g/mol. The average molecular weight is 459 g/mol. The van der Waals surface area contributed by atoms with E-state index < -0.39 is 66.4 Å². The second-order valence-electron chi connectivity index (χ2n) is 8.16. The zero-order valence-corrected chi connectivity index (χ0v) is 18.6. The Kier molecular flexibility index (Phi) is 10.5. The molecule has 32 heavy (non-hydrogen) atoms. The van der Waals surface area contributed by atoms with Crippen LogP contribution in [0, 0.1) is 5.92 Å². The zero-order chi connectivity index (χ0) is 24.6. The summed E-state index contributed by atoms with van der Waals surface area (Å²) in [4.78, 5) is 61.5. The first-order valence-corrected chi connectivity index (χ1v) is 10.7. The standard InChI is InChI=1S/C20H34N4O8/c1-4-10(2)15(21)18(29)23-16(11(3)25)19(30)24-9-5-6-13(24)17(28)22-12(20(31)32)7-8-14(26)27/h10-13,15-16,25H,4-9,21H2,1-3H3,(H,22,28)(H,23,29)(H,26,27)(H,31,32). The first kappa shape index (κ1) is 27.3. The molecule has 1 aliphatic heterocycles. The highest BCUT2D eigenvalue weighted by atomic mass is 16.4.